The zero-order chi connectivity index (χ0) is 11.3. The van der Waals surface area contributed by atoms with Gasteiger partial charge in [-0.05, 0) is 19.8 Å². The molecule has 0 aromatic carbocycles. The number of hydrogen-bond acceptors (Lipinski definition) is 4. The maximum absolute atomic E-state index is 11.3. The predicted molar refractivity (Wildman–Crippen MR) is 56.7 cm³/mol. The van der Waals surface area contributed by atoms with E-state index in [4.69, 9.17) is 10.9 Å². The van der Waals surface area contributed by atoms with Crippen LogP contribution in [0.3, 0.4) is 0 Å². The first-order valence-corrected chi connectivity index (χ1v) is 5.13. The molecule has 1 aliphatic rings. The Labute approximate surface area is 88.9 Å². The van der Waals surface area contributed by atoms with Crippen molar-refractivity contribution in [2.45, 2.75) is 38.3 Å². The van der Waals surface area contributed by atoms with E-state index in [1.54, 1.807) is 6.92 Å². The number of oxime groups is 1. The Hall–Kier alpha value is -1.30. The number of hydrogen-bond donors (Lipinski definition) is 4. The van der Waals surface area contributed by atoms with E-state index in [1.807, 2.05) is 0 Å². The van der Waals surface area contributed by atoms with Crippen molar-refractivity contribution in [1.82, 2.24) is 10.6 Å². The summed E-state index contributed by atoms with van der Waals surface area (Å²) in [6.07, 6.45) is 2.61. The van der Waals surface area contributed by atoms with Crippen LogP contribution in [0.15, 0.2) is 5.16 Å². The Morgan fingerprint density at radius 1 is 1.67 bits per heavy atom. The van der Waals surface area contributed by atoms with Gasteiger partial charge in [0.15, 0.2) is 5.84 Å². The van der Waals surface area contributed by atoms with Gasteiger partial charge in [-0.1, -0.05) is 5.16 Å². The molecule has 0 bridgehead atoms. The normalized spacial score (nSPS) is 18.6. The molecular formula is C9H18N4O2. The molecule has 0 aliphatic heterocycles. The fourth-order valence-corrected chi connectivity index (χ4v) is 1.12. The van der Waals surface area contributed by atoms with Crippen LogP contribution in [0.4, 0.5) is 0 Å². The van der Waals surface area contributed by atoms with Crippen LogP contribution in [0.5, 0.6) is 0 Å². The van der Waals surface area contributed by atoms with Crippen molar-refractivity contribution in [3.8, 4) is 0 Å². The molecule has 15 heavy (non-hydrogen) atoms. The Morgan fingerprint density at radius 3 is 2.87 bits per heavy atom. The summed E-state index contributed by atoms with van der Waals surface area (Å²) in [6.45, 7) is 2.30. The Kier molecular flexibility index (Phi) is 4.36. The molecule has 1 rings (SSSR count). The van der Waals surface area contributed by atoms with E-state index < -0.39 is 0 Å². The van der Waals surface area contributed by atoms with Gasteiger partial charge in [-0.2, -0.15) is 0 Å². The Bertz CT molecular complexity index is 250. The third-order valence-corrected chi connectivity index (χ3v) is 2.30. The summed E-state index contributed by atoms with van der Waals surface area (Å²) in [5.41, 5.74) is 5.36. The third kappa shape index (κ3) is 4.64. The fraction of sp³-hybridized carbons (Fsp3) is 0.778. The van der Waals surface area contributed by atoms with Gasteiger partial charge in [0, 0.05) is 19.0 Å². The third-order valence-electron chi connectivity index (χ3n) is 2.30. The first-order valence-electron chi connectivity index (χ1n) is 5.13. The maximum Gasteiger partial charge on any atom is 0.221 e. The van der Waals surface area contributed by atoms with Crippen molar-refractivity contribution < 1.29 is 10.0 Å². The summed E-state index contributed by atoms with van der Waals surface area (Å²) in [6, 6.07) is 0.183. The van der Waals surface area contributed by atoms with Crippen molar-refractivity contribution in [1.29, 1.82) is 0 Å². The quantitative estimate of drug-likeness (QED) is 0.205. The molecule has 1 amide bonds. The molecule has 5 N–H and O–H groups in total. The molecular weight excluding hydrogens is 196 g/mol. The fourth-order valence-electron chi connectivity index (χ4n) is 1.12. The second-order valence-corrected chi connectivity index (χ2v) is 3.79. The second-order valence-electron chi connectivity index (χ2n) is 3.79. The highest BCUT2D eigenvalue weighted by molar-refractivity contribution is 5.84. The van der Waals surface area contributed by atoms with Crippen LogP contribution in [0, 0.1) is 0 Å². The van der Waals surface area contributed by atoms with E-state index in [-0.39, 0.29) is 17.8 Å². The topological polar surface area (TPSA) is 99.7 Å². The Morgan fingerprint density at radius 2 is 2.33 bits per heavy atom. The number of nitrogens with one attached hydrogen (secondary N) is 2. The monoisotopic (exact) mass is 214 g/mol. The molecule has 1 fully saturated rings. The molecule has 0 radical (unpaired) electrons. The van der Waals surface area contributed by atoms with E-state index in [1.165, 1.54) is 0 Å². The van der Waals surface area contributed by atoms with Gasteiger partial charge in [0.25, 0.3) is 0 Å². The van der Waals surface area contributed by atoms with Gasteiger partial charge >= 0.3 is 0 Å². The summed E-state index contributed by atoms with van der Waals surface area (Å²) in [7, 11) is 0. The highest BCUT2D eigenvalue weighted by atomic mass is 16.4. The lowest BCUT2D eigenvalue weighted by Gasteiger charge is -2.11. The summed E-state index contributed by atoms with van der Waals surface area (Å²) in [5, 5.41) is 17.1. The standard InChI is InChI=1S/C9H18N4O2/c1-6(9(10)13-15)11-5-4-8(14)12-7-2-3-7/h6-7,11,15H,2-5H2,1H3,(H2,10,13)(H,12,14). The zero-order valence-corrected chi connectivity index (χ0v) is 8.86. The SMILES string of the molecule is CC(NCCC(=O)NC1CC1)C(N)=NO. The van der Waals surface area contributed by atoms with Crippen molar-refractivity contribution in [2.75, 3.05) is 6.54 Å². The molecule has 0 saturated heterocycles. The van der Waals surface area contributed by atoms with E-state index in [0.29, 0.717) is 19.0 Å². The lowest BCUT2D eigenvalue weighted by atomic mass is 10.3. The van der Waals surface area contributed by atoms with Crippen LogP contribution in [0.1, 0.15) is 26.2 Å². The minimum Gasteiger partial charge on any atom is -0.409 e. The van der Waals surface area contributed by atoms with E-state index >= 15 is 0 Å². The molecule has 86 valence electrons. The minimum atomic E-state index is -0.219. The van der Waals surface area contributed by atoms with Crippen LogP contribution >= 0.6 is 0 Å². The number of nitrogens with two attached hydrogens (primary N) is 1. The van der Waals surface area contributed by atoms with Crippen molar-refractivity contribution >= 4 is 11.7 Å². The van der Waals surface area contributed by atoms with E-state index in [2.05, 4.69) is 15.8 Å². The number of rotatable bonds is 6. The van der Waals surface area contributed by atoms with Crippen LogP contribution in [-0.4, -0.2) is 35.6 Å². The first-order chi connectivity index (χ1) is 7.13. The average Bonchev–Trinajstić information content (AvgIpc) is 3.00. The number of carbonyl (C=O) groups excluding carboxylic acids is 1. The van der Waals surface area contributed by atoms with E-state index in [9.17, 15) is 4.79 Å². The average molecular weight is 214 g/mol. The minimum absolute atomic E-state index is 0.0525. The summed E-state index contributed by atoms with van der Waals surface area (Å²) < 4.78 is 0. The number of nitrogens with zero attached hydrogens (tertiary/aromatic N) is 1. The predicted octanol–water partition coefficient (Wildman–Crippen LogP) is -0.620. The molecule has 0 spiro atoms. The second kappa shape index (κ2) is 5.55. The Balaban J connectivity index is 2.06. The van der Waals surface area contributed by atoms with Gasteiger partial charge in [-0.3, -0.25) is 4.79 Å². The molecule has 1 aliphatic carbocycles. The summed E-state index contributed by atoms with van der Waals surface area (Å²) in [4.78, 5) is 11.3. The maximum atomic E-state index is 11.3. The zero-order valence-electron chi connectivity index (χ0n) is 8.86. The molecule has 1 saturated carbocycles. The van der Waals surface area contributed by atoms with Crippen LogP contribution in [-0.2, 0) is 4.79 Å². The molecule has 0 heterocycles. The highest BCUT2D eigenvalue weighted by Gasteiger charge is 2.22. The van der Waals surface area contributed by atoms with Gasteiger partial charge in [0.1, 0.15) is 0 Å². The van der Waals surface area contributed by atoms with Crippen molar-refractivity contribution in [2.24, 2.45) is 10.9 Å². The number of amidine groups is 1. The van der Waals surface area contributed by atoms with Crippen molar-refractivity contribution in [3.63, 3.8) is 0 Å². The molecule has 0 aromatic heterocycles. The molecule has 1 atom stereocenters. The van der Waals surface area contributed by atoms with Crippen molar-refractivity contribution in [3.05, 3.63) is 0 Å². The van der Waals surface area contributed by atoms with Gasteiger partial charge < -0.3 is 21.6 Å². The molecule has 0 aromatic rings. The van der Waals surface area contributed by atoms with Crippen LogP contribution in [0.25, 0.3) is 0 Å². The molecule has 1 unspecified atom stereocenters. The lowest BCUT2D eigenvalue weighted by Crippen LogP contribution is -2.40. The highest BCUT2D eigenvalue weighted by Crippen LogP contribution is 2.18. The number of amides is 1. The van der Waals surface area contributed by atoms with Gasteiger partial charge in [-0.25, -0.2) is 0 Å². The summed E-state index contributed by atoms with van der Waals surface area (Å²) in [5.74, 6) is 0.175. The van der Waals surface area contributed by atoms with Gasteiger partial charge in [-0.15, -0.1) is 0 Å². The summed E-state index contributed by atoms with van der Waals surface area (Å²) >= 11 is 0. The van der Waals surface area contributed by atoms with E-state index in [0.717, 1.165) is 12.8 Å². The van der Waals surface area contributed by atoms with Crippen LogP contribution < -0.4 is 16.4 Å². The molecule has 6 heteroatoms. The molecule has 6 nitrogen and oxygen atoms in total. The van der Waals surface area contributed by atoms with Crippen LogP contribution in [0.2, 0.25) is 0 Å². The van der Waals surface area contributed by atoms with Gasteiger partial charge in [0.2, 0.25) is 5.91 Å². The lowest BCUT2D eigenvalue weighted by molar-refractivity contribution is -0.121. The van der Waals surface area contributed by atoms with Gasteiger partial charge in [0.05, 0.1) is 6.04 Å². The first kappa shape index (κ1) is 11.8. The number of carbonyl (C=O) groups is 1. The smallest absolute Gasteiger partial charge is 0.221 e. The largest absolute Gasteiger partial charge is 0.409 e.